The van der Waals surface area contributed by atoms with Gasteiger partial charge in [-0.15, -0.1) is 11.3 Å². The molecule has 0 aliphatic rings. The van der Waals surface area contributed by atoms with Gasteiger partial charge in [0.15, 0.2) is 5.13 Å². The van der Waals surface area contributed by atoms with Gasteiger partial charge in [-0.05, 0) is 32.0 Å². The molecule has 2 N–H and O–H groups in total. The van der Waals surface area contributed by atoms with E-state index in [2.05, 4.69) is 10.3 Å². The summed E-state index contributed by atoms with van der Waals surface area (Å²) >= 11 is 7.33. The Hall–Kier alpha value is -1.59. The second kappa shape index (κ2) is 4.96. The van der Waals surface area contributed by atoms with Crippen LogP contribution in [0, 0.1) is 13.8 Å². The average Bonchev–Trinajstić information content (AvgIpc) is 2.60. The number of nitrogens with one attached hydrogen (secondary N) is 1. The smallest absolute Gasteiger partial charge is 0.337 e. The lowest BCUT2D eigenvalue weighted by Gasteiger charge is -2.05. The number of aromatic nitrogens is 1. The van der Waals surface area contributed by atoms with Gasteiger partial charge in [0, 0.05) is 10.6 Å². The molecule has 0 radical (unpaired) electrons. The zero-order valence-corrected chi connectivity index (χ0v) is 11.4. The Morgan fingerprint density at radius 1 is 1.44 bits per heavy atom. The number of hydrogen-bond donors (Lipinski definition) is 2. The molecule has 18 heavy (non-hydrogen) atoms. The van der Waals surface area contributed by atoms with Gasteiger partial charge in [-0.3, -0.25) is 0 Å². The van der Waals surface area contributed by atoms with Gasteiger partial charge >= 0.3 is 5.97 Å². The molecule has 0 aliphatic carbocycles. The number of halogens is 1. The van der Waals surface area contributed by atoms with E-state index in [1.54, 1.807) is 12.1 Å². The van der Waals surface area contributed by atoms with Gasteiger partial charge < -0.3 is 10.4 Å². The molecule has 4 nitrogen and oxygen atoms in total. The topological polar surface area (TPSA) is 62.2 Å². The molecule has 94 valence electrons. The van der Waals surface area contributed by atoms with Crippen molar-refractivity contribution in [3.8, 4) is 0 Å². The molecule has 0 unspecified atom stereocenters. The number of hydrogen-bond acceptors (Lipinski definition) is 4. The van der Waals surface area contributed by atoms with Crippen LogP contribution in [0.2, 0.25) is 5.02 Å². The lowest BCUT2D eigenvalue weighted by Crippen LogP contribution is -1.99. The van der Waals surface area contributed by atoms with Crippen LogP contribution in [0.4, 0.5) is 10.8 Å². The highest BCUT2D eigenvalue weighted by molar-refractivity contribution is 7.15. The molecule has 0 fully saturated rings. The minimum Gasteiger partial charge on any atom is -0.478 e. The number of thiazole rings is 1. The van der Waals surface area contributed by atoms with Crippen molar-refractivity contribution in [2.24, 2.45) is 0 Å². The minimum atomic E-state index is -1.05. The molecular weight excluding hydrogens is 272 g/mol. The SMILES string of the molecule is Cc1nc(Nc2ccc(Cl)c(C(=O)O)c2)sc1C. The number of aromatic carboxylic acids is 1. The Morgan fingerprint density at radius 3 is 2.72 bits per heavy atom. The van der Waals surface area contributed by atoms with Crippen LogP contribution in [0.5, 0.6) is 0 Å². The van der Waals surface area contributed by atoms with Crippen LogP contribution in [0.1, 0.15) is 20.9 Å². The second-order valence-electron chi connectivity index (χ2n) is 3.79. The first kappa shape index (κ1) is 12.9. The van der Waals surface area contributed by atoms with Crippen LogP contribution >= 0.6 is 22.9 Å². The van der Waals surface area contributed by atoms with E-state index in [1.165, 1.54) is 17.4 Å². The van der Waals surface area contributed by atoms with E-state index < -0.39 is 5.97 Å². The molecule has 2 rings (SSSR count). The maximum Gasteiger partial charge on any atom is 0.337 e. The standard InChI is InChI=1S/C12H11ClN2O2S/c1-6-7(2)18-12(14-6)15-8-3-4-10(13)9(5-8)11(16)17/h3-5H,1-2H3,(H,14,15)(H,16,17). The van der Waals surface area contributed by atoms with Gasteiger partial charge in [0.1, 0.15) is 0 Å². The molecule has 0 spiro atoms. The van der Waals surface area contributed by atoms with Gasteiger partial charge in [0.2, 0.25) is 0 Å². The maximum absolute atomic E-state index is 11.0. The van der Waals surface area contributed by atoms with E-state index in [-0.39, 0.29) is 10.6 Å². The molecule has 0 saturated carbocycles. The average molecular weight is 283 g/mol. The van der Waals surface area contributed by atoms with E-state index in [9.17, 15) is 4.79 Å². The van der Waals surface area contributed by atoms with Crippen LogP contribution in [-0.4, -0.2) is 16.1 Å². The van der Waals surface area contributed by atoms with Crippen molar-refractivity contribution in [1.29, 1.82) is 0 Å². The van der Waals surface area contributed by atoms with Crippen molar-refractivity contribution in [2.75, 3.05) is 5.32 Å². The fourth-order valence-electron chi connectivity index (χ4n) is 1.42. The van der Waals surface area contributed by atoms with Crippen molar-refractivity contribution in [3.63, 3.8) is 0 Å². The summed E-state index contributed by atoms with van der Waals surface area (Å²) in [5, 5.41) is 13.0. The Kier molecular flexibility index (Phi) is 3.54. The number of rotatable bonds is 3. The van der Waals surface area contributed by atoms with Crippen LogP contribution in [-0.2, 0) is 0 Å². The number of carbonyl (C=O) groups is 1. The first-order chi connectivity index (χ1) is 8.47. The van der Waals surface area contributed by atoms with Crippen molar-refractivity contribution < 1.29 is 9.90 Å². The lowest BCUT2D eigenvalue weighted by molar-refractivity contribution is 0.0697. The molecule has 2 aromatic rings. The summed E-state index contributed by atoms with van der Waals surface area (Å²) in [7, 11) is 0. The zero-order chi connectivity index (χ0) is 13.3. The number of anilines is 2. The number of carboxylic acids is 1. The Balaban J connectivity index is 2.29. The third-order valence-electron chi connectivity index (χ3n) is 2.48. The summed E-state index contributed by atoms with van der Waals surface area (Å²) in [6.07, 6.45) is 0. The third-order valence-corrected chi connectivity index (χ3v) is 3.79. The van der Waals surface area contributed by atoms with E-state index in [4.69, 9.17) is 16.7 Å². The van der Waals surface area contributed by atoms with Gasteiger partial charge in [0.05, 0.1) is 16.3 Å². The second-order valence-corrected chi connectivity index (χ2v) is 5.40. The van der Waals surface area contributed by atoms with Gasteiger partial charge in [-0.1, -0.05) is 11.6 Å². The number of carboxylic acid groups (broad SMARTS) is 1. The summed E-state index contributed by atoms with van der Waals surface area (Å²) in [5.41, 5.74) is 1.70. The molecule has 0 amide bonds. The molecule has 1 heterocycles. The van der Waals surface area contributed by atoms with Crippen LogP contribution in [0.25, 0.3) is 0 Å². The van der Waals surface area contributed by atoms with Crippen molar-refractivity contribution in [1.82, 2.24) is 4.98 Å². The van der Waals surface area contributed by atoms with Crippen LogP contribution in [0.15, 0.2) is 18.2 Å². The zero-order valence-electron chi connectivity index (χ0n) is 9.82. The normalized spacial score (nSPS) is 10.4. The highest BCUT2D eigenvalue weighted by Crippen LogP contribution is 2.27. The minimum absolute atomic E-state index is 0.0756. The Bertz CT molecular complexity index is 591. The third kappa shape index (κ3) is 2.63. The lowest BCUT2D eigenvalue weighted by atomic mass is 10.2. The highest BCUT2D eigenvalue weighted by Gasteiger charge is 2.10. The summed E-state index contributed by atoms with van der Waals surface area (Å²) in [6.45, 7) is 3.92. The first-order valence-electron chi connectivity index (χ1n) is 5.21. The molecule has 0 atom stereocenters. The monoisotopic (exact) mass is 282 g/mol. The predicted molar refractivity (Wildman–Crippen MR) is 73.3 cm³/mol. The maximum atomic E-state index is 11.0. The van der Waals surface area contributed by atoms with Crippen molar-refractivity contribution in [2.45, 2.75) is 13.8 Å². The summed E-state index contributed by atoms with van der Waals surface area (Å²) in [5.74, 6) is -1.05. The van der Waals surface area contributed by atoms with Crippen LogP contribution in [0.3, 0.4) is 0 Å². The molecule has 1 aromatic carbocycles. The van der Waals surface area contributed by atoms with Crippen LogP contribution < -0.4 is 5.32 Å². The molecule has 0 aliphatic heterocycles. The van der Waals surface area contributed by atoms with Gasteiger partial charge in [-0.25, -0.2) is 9.78 Å². The van der Waals surface area contributed by atoms with Gasteiger partial charge in [-0.2, -0.15) is 0 Å². The Labute approximate surface area is 113 Å². The van der Waals surface area contributed by atoms with E-state index in [0.29, 0.717) is 5.69 Å². The summed E-state index contributed by atoms with van der Waals surface area (Å²) < 4.78 is 0. The fraction of sp³-hybridized carbons (Fsp3) is 0.167. The van der Waals surface area contributed by atoms with Crippen molar-refractivity contribution >= 4 is 39.7 Å². The predicted octanol–water partition coefficient (Wildman–Crippen LogP) is 3.86. The number of benzene rings is 1. The van der Waals surface area contributed by atoms with E-state index in [0.717, 1.165) is 15.7 Å². The molecular formula is C12H11ClN2O2S. The largest absolute Gasteiger partial charge is 0.478 e. The summed E-state index contributed by atoms with van der Waals surface area (Å²) in [4.78, 5) is 16.4. The molecule has 0 bridgehead atoms. The molecule has 0 saturated heterocycles. The summed E-state index contributed by atoms with van der Waals surface area (Å²) in [6, 6.07) is 4.78. The molecule has 6 heteroatoms. The van der Waals surface area contributed by atoms with E-state index in [1.807, 2.05) is 13.8 Å². The quantitative estimate of drug-likeness (QED) is 0.897. The first-order valence-corrected chi connectivity index (χ1v) is 6.40. The fourth-order valence-corrected chi connectivity index (χ4v) is 2.45. The van der Waals surface area contributed by atoms with Gasteiger partial charge in [0.25, 0.3) is 0 Å². The molecule has 1 aromatic heterocycles. The number of aryl methyl sites for hydroxylation is 2. The Morgan fingerprint density at radius 2 is 2.17 bits per heavy atom. The highest BCUT2D eigenvalue weighted by atomic mass is 35.5. The van der Waals surface area contributed by atoms with Crippen molar-refractivity contribution in [3.05, 3.63) is 39.4 Å². The number of nitrogens with zero attached hydrogens (tertiary/aromatic N) is 1. The van der Waals surface area contributed by atoms with E-state index >= 15 is 0 Å².